The lowest BCUT2D eigenvalue weighted by molar-refractivity contribution is 0.00825. The van der Waals surface area contributed by atoms with Crippen LogP contribution in [0.5, 0.6) is 0 Å². The second kappa shape index (κ2) is 8.53. The van der Waals surface area contributed by atoms with E-state index in [0.29, 0.717) is 13.1 Å². The molecule has 1 aliphatic rings. The summed E-state index contributed by atoms with van der Waals surface area (Å²) in [5, 5.41) is 14.5. The maximum Gasteiger partial charge on any atom is 0.138 e. The van der Waals surface area contributed by atoms with E-state index in [2.05, 4.69) is 45.0 Å². The van der Waals surface area contributed by atoms with E-state index in [1.165, 1.54) is 11.9 Å². The number of aliphatic hydroxyl groups excluding tert-OH is 1. The quantitative estimate of drug-likeness (QED) is 0.797. The average molecular weight is 345 g/mol. The SMILES string of the molecule is Cc1cc(CN(C)CC(O)CN2CCOCC2)ccc1-n1cncn1. The van der Waals surface area contributed by atoms with Crippen molar-refractivity contribution in [2.75, 3.05) is 46.4 Å². The molecule has 0 amide bonds. The number of aliphatic hydroxyl groups is 1. The molecule has 1 aliphatic heterocycles. The standard InChI is InChI=1S/C18H27N5O2/c1-15-9-16(3-4-18(15)23-14-19-13-20-23)10-21(2)11-17(24)12-22-5-7-25-8-6-22/h3-4,9,13-14,17,24H,5-8,10-12H2,1-2H3. The monoisotopic (exact) mass is 345 g/mol. The number of β-amino-alcohol motifs (C(OH)–C–C–N with tert-alkyl or cyclic N) is 1. The third kappa shape index (κ3) is 5.09. The van der Waals surface area contributed by atoms with Crippen molar-refractivity contribution in [3.8, 4) is 5.69 Å². The van der Waals surface area contributed by atoms with Crippen molar-refractivity contribution in [3.63, 3.8) is 0 Å². The van der Waals surface area contributed by atoms with E-state index in [1.54, 1.807) is 11.0 Å². The highest BCUT2D eigenvalue weighted by molar-refractivity contribution is 5.41. The summed E-state index contributed by atoms with van der Waals surface area (Å²) >= 11 is 0. The Kier molecular flexibility index (Phi) is 6.14. The van der Waals surface area contributed by atoms with E-state index in [1.807, 2.05) is 7.05 Å². The molecule has 136 valence electrons. The molecule has 2 aromatic rings. The van der Waals surface area contributed by atoms with Crippen LogP contribution in [0.25, 0.3) is 5.69 Å². The molecule has 7 heteroatoms. The first kappa shape index (κ1) is 18.0. The molecular formula is C18H27N5O2. The molecule has 2 heterocycles. The van der Waals surface area contributed by atoms with E-state index < -0.39 is 0 Å². The first-order valence-corrected chi connectivity index (χ1v) is 8.73. The van der Waals surface area contributed by atoms with Gasteiger partial charge in [-0.15, -0.1) is 0 Å². The van der Waals surface area contributed by atoms with Crippen molar-refractivity contribution in [2.45, 2.75) is 19.6 Å². The van der Waals surface area contributed by atoms with Gasteiger partial charge in [-0.05, 0) is 31.2 Å². The first-order valence-electron chi connectivity index (χ1n) is 8.73. The van der Waals surface area contributed by atoms with Crippen LogP contribution in [0, 0.1) is 6.92 Å². The second-order valence-electron chi connectivity index (χ2n) is 6.72. The van der Waals surface area contributed by atoms with Gasteiger partial charge in [-0.25, -0.2) is 9.67 Å². The smallest absolute Gasteiger partial charge is 0.138 e. The molecule has 1 saturated heterocycles. The van der Waals surface area contributed by atoms with Gasteiger partial charge in [0.2, 0.25) is 0 Å². The van der Waals surface area contributed by atoms with Crippen LogP contribution >= 0.6 is 0 Å². The zero-order valence-electron chi connectivity index (χ0n) is 15.0. The fourth-order valence-electron chi connectivity index (χ4n) is 3.28. The lowest BCUT2D eigenvalue weighted by atomic mass is 10.1. The predicted molar refractivity (Wildman–Crippen MR) is 95.7 cm³/mol. The summed E-state index contributed by atoms with van der Waals surface area (Å²) in [5.41, 5.74) is 3.42. The largest absolute Gasteiger partial charge is 0.390 e. The minimum Gasteiger partial charge on any atom is -0.390 e. The topological polar surface area (TPSA) is 66.7 Å². The lowest BCUT2D eigenvalue weighted by Crippen LogP contribution is -2.43. The molecule has 0 spiro atoms. The average Bonchev–Trinajstić information content (AvgIpc) is 3.09. The number of hydrogen-bond acceptors (Lipinski definition) is 6. The number of ether oxygens (including phenoxy) is 1. The van der Waals surface area contributed by atoms with Gasteiger partial charge in [-0.1, -0.05) is 12.1 Å². The number of likely N-dealkylation sites (N-methyl/N-ethyl adjacent to an activating group) is 1. The fourth-order valence-corrected chi connectivity index (χ4v) is 3.28. The Morgan fingerprint density at radius 2 is 2.12 bits per heavy atom. The Hall–Kier alpha value is -1.80. The van der Waals surface area contributed by atoms with Crippen molar-refractivity contribution < 1.29 is 9.84 Å². The number of nitrogens with zero attached hydrogens (tertiary/aromatic N) is 5. The summed E-state index contributed by atoms with van der Waals surface area (Å²) in [6, 6.07) is 6.34. The highest BCUT2D eigenvalue weighted by Gasteiger charge is 2.16. The van der Waals surface area contributed by atoms with Gasteiger partial charge in [0.15, 0.2) is 0 Å². The Morgan fingerprint density at radius 1 is 1.32 bits per heavy atom. The molecule has 0 bridgehead atoms. The van der Waals surface area contributed by atoms with Crippen LogP contribution in [-0.2, 0) is 11.3 Å². The van der Waals surface area contributed by atoms with Gasteiger partial charge < -0.3 is 9.84 Å². The van der Waals surface area contributed by atoms with Crippen LogP contribution in [0.1, 0.15) is 11.1 Å². The highest BCUT2D eigenvalue weighted by atomic mass is 16.5. The molecule has 0 radical (unpaired) electrons. The Labute approximate surface area is 148 Å². The minimum absolute atomic E-state index is 0.349. The molecule has 1 aromatic carbocycles. The number of hydrogen-bond donors (Lipinski definition) is 1. The van der Waals surface area contributed by atoms with Crippen LogP contribution < -0.4 is 0 Å². The zero-order chi connectivity index (χ0) is 17.6. The van der Waals surface area contributed by atoms with E-state index in [4.69, 9.17) is 4.74 Å². The second-order valence-corrected chi connectivity index (χ2v) is 6.72. The molecule has 7 nitrogen and oxygen atoms in total. The van der Waals surface area contributed by atoms with Gasteiger partial charge in [0.05, 0.1) is 25.0 Å². The van der Waals surface area contributed by atoms with Crippen LogP contribution in [0.15, 0.2) is 30.9 Å². The van der Waals surface area contributed by atoms with Gasteiger partial charge in [-0.3, -0.25) is 9.80 Å². The molecule has 25 heavy (non-hydrogen) atoms. The number of rotatable bonds is 7. The molecule has 0 aliphatic carbocycles. The summed E-state index contributed by atoms with van der Waals surface area (Å²) in [6.07, 6.45) is 2.89. The lowest BCUT2D eigenvalue weighted by Gasteiger charge is -2.30. The maximum atomic E-state index is 10.3. The van der Waals surface area contributed by atoms with Crippen LogP contribution in [-0.4, -0.2) is 82.2 Å². The van der Waals surface area contributed by atoms with Crippen molar-refractivity contribution in [3.05, 3.63) is 42.0 Å². The molecule has 0 saturated carbocycles. The summed E-state index contributed by atoms with van der Waals surface area (Å²) < 4.78 is 7.12. The molecule has 1 atom stereocenters. The molecule has 1 aromatic heterocycles. The van der Waals surface area contributed by atoms with Gasteiger partial charge in [0, 0.05) is 32.7 Å². The third-order valence-corrected chi connectivity index (χ3v) is 4.47. The summed E-state index contributed by atoms with van der Waals surface area (Å²) in [6.45, 7) is 7.58. The summed E-state index contributed by atoms with van der Waals surface area (Å²) in [4.78, 5) is 8.42. The third-order valence-electron chi connectivity index (χ3n) is 4.47. The predicted octanol–water partition coefficient (Wildman–Crippen LogP) is 0.701. The summed E-state index contributed by atoms with van der Waals surface area (Å²) in [5.74, 6) is 0. The van der Waals surface area contributed by atoms with Gasteiger partial charge >= 0.3 is 0 Å². The van der Waals surface area contributed by atoms with Gasteiger partial charge in [0.1, 0.15) is 12.7 Å². The molecule has 3 rings (SSSR count). The first-order chi connectivity index (χ1) is 12.1. The zero-order valence-corrected chi connectivity index (χ0v) is 15.0. The minimum atomic E-state index is -0.349. The van der Waals surface area contributed by atoms with Crippen molar-refractivity contribution in [2.24, 2.45) is 0 Å². The molecule has 1 fully saturated rings. The van der Waals surface area contributed by atoms with E-state index >= 15 is 0 Å². The van der Waals surface area contributed by atoms with Crippen molar-refractivity contribution >= 4 is 0 Å². The highest BCUT2D eigenvalue weighted by Crippen LogP contribution is 2.16. The van der Waals surface area contributed by atoms with Crippen molar-refractivity contribution in [1.29, 1.82) is 0 Å². The number of benzene rings is 1. The van der Waals surface area contributed by atoms with E-state index in [-0.39, 0.29) is 6.10 Å². The normalized spacial score (nSPS) is 17.1. The van der Waals surface area contributed by atoms with E-state index in [0.717, 1.165) is 44.1 Å². The Bertz CT molecular complexity index is 655. The number of morpholine rings is 1. The maximum absolute atomic E-state index is 10.3. The number of aromatic nitrogens is 3. The molecule has 1 unspecified atom stereocenters. The molecule has 1 N–H and O–H groups in total. The van der Waals surface area contributed by atoms with Crippen LogP contribution in [0.2, 0.25) is 0 Å². The summed E-state index contributed by atoms with van der Waals surface area (Å²) in [7, 11) is 2.04. The fraction of sp³-hybridized carbons (Fsp3) is 0.556. The van der Waals surface area contributed by atoms with Gasteiger partial charge in [0.25, 0.3) is 0 Å². The van der Waals surface area contributed by atoms with Gasteiger partial charge in [-0.2, -0.15) is 5.10 Å². The van der Waals surface area contributed by atoms with E-state index in [9.17, 15) is 5.11 Å². The van der Waals surface area contributed by atoms with Crippen LogP contribution in [0.3, 0.4) is 0 Å². The Balaban J connectivity index is 1.52. The Morgan fingerprint density at radius 3 is 2.80 bits per heavy atom. The van der Waals surface area contributed by atoms with Crippen molar-refractivity contribution in [1.82, 2.24) is 24.6 Å². The number of aryl methyl sites for hydroxylation is 1. The molecular weight excluding hydrogens is 318 g/mol. The van der Waals surface area contributed by atoms with Crippen LogP contribution in [0.4, 0.5) is 0 Å².